The molecule has 0 fully saturated rings. The predicted octanol–water partition coefficient (Wildman–Crippen LogP) is 4.21. The van der Waals surface area contributed by atoms with E-state index in [0.717, 1.165) is 10.0 Å². The molecule has 2 aromatic rings. The minimum absolute atomic E-state index is 0.196. The van der Waals surface area contributed by atoms with Gasteiger partial charge in [0.2, 0.25) is 0 Å². The van der Waals surface area contributed by atoms with Crippen LogP contribution in [0.1, 0.15) is 45.7 Å². The van der Waals surface area contributed by atoms with Gasteiger partial charge in [0.25, 0.3) is 0 Å². The van der Waals surface area contributed by atoms with Crippen molar-refractivity contribution in [2.24, 2.45) is 0 Å². The lowest BCUT2D eigenvalue weighted by molar-refractivity contribution is 0.102. The first-order valence-corrected chi connectivity index (χ1v) is 8.34. The number of aldehydes is 1. The van der Waals surface area contributed by atoms with Gasteiger partial charge >= 0.3 is 0 Å². The zero-order valence-corrected chi connectivity index (χ0v) is 15.3. The molecular weight excluding hydrogens is 372 g/mol. The molecular formula is C19H17BrO4. The second-order valence-corrected chi connectivity index (χ2v) is 7.26. The third-order valence-corrected chi connectivity index (χ3v) is 4.51. The first kappa shape index (κ1) is 16.7. The molecule has 0 radical (unpaired) electrons. The van der Waals surface area contributed by atoms with Gasteiger partial charge in [-0.1, -0.05) is 28.1 Å². The number of hydrogen-bond donors (Lipinski definition) is 0. The SMILES string of the molecule is COc1cc(C=O)c(C(=O)c2cccc(Br)c2)c2c1OC(C)(C)C2. The molecule has 2 aromatic carbocycles. The molecule has 0 atom stereocenters. The Morgan fingerprint density at radius 1 is 1.33 bits per heavy atom. The van der Waals surface area contributed by atoms with E-state index < -0.39 is 5.60 Å². The number of halogens is 1. The Kier molecular flexibility index (Phi) is 4.22. The van der Waals surface area contributed by atoms with Gasteiger partial charge in [-0.05, 0) is 32.0 Å². The highest BCUT2D eigenvalue weighted by Gasteiger charge is 2.37. The lowest BCUT2D eigenvalue weighted by Gasteiger charge is -2.17. The largest absolute Gasteiger partial charge is 0.493 e. The van der Waals surface area contributed by atoms with Gasteiger partial charge in [0, 0.05) is 33.1 Å². The van der Waals surface area contributed by atoms with Crippen LogP contribution < -0.4 is 9.47 Å². The van der Waals surface area contributed by atoms with Gasteiger partial charge in [0.05, 0.1) is 7.11 Å². The summed E-state index contributed by atoms with van der Waals surface area (Å²) < 4.78 is 12.1. The minimum atomic E-state index is -0.455. The number of carbonyl (C=O) groups is 2. The third-order valence-electron chi connectivity index (χ3n) is 4.02. The van der Waals surface area contributed by atoms with Gasteiger partial charge < -0.3 is 9.47 Å². The summed E-state index contributed by atoms with van der Waals surface area (Å²) in [7, 11) is 1.52. The summed E-state index contributed by atoms with van der Waals surface area (Å²) in [5, 5.41) is 0. The average molecular weight is 389 g/mol. The molecule has 0 amide bonds. The van der Waals surface area contributed by atoms with Crippen molar-refractivity contribution >= 4 is 28.0 Å². The maximum absolute atomic E-state index is 13.1. The topological polar surface area (TPSA) is 52.6 Å². The van der Waals surface area contributed by atoms with Crippen molar-refractivity contribution in [3.8, 4) is 11.5 Å². The molecule has 124 valence electrons. The zero-order chi connectivity index (χ0) is 17.5. The van der Waals surface area contributed by atoms with Crippen molar-refractivity contribution in [2.45, 2.75) is 25.9 Å². The Morgan fingerprint density at radius 2 is 2.08 bits per heavy atom. The van der Waals surface area contributed by atoms with Crippen LogP contribution in [0.25, 0.3) is 0 Å². The lowest BCUT2D eigenvalue weighted by Crippen LogP contribution is -2.25. The fourth-order valence-corrected chi connectivity index (χ4v) is 3.42. The minimum Gasteiger partial charge on any atom is -0.493 e. The van der Waals surface area contributed by atoms with Gasteiger partial charge in [-0.3, -0.25) is 9.59 Å². The monoisotopic (exact) mass is 388 g/mol. The van der Waals surface area contributed by atoms with Crippen LogP contribution in [0.3, 0.4) is 0 Å². The number of carbonyl (C=O) groups excluding carboxylic acids is 2. The van der Waals surface area contributed by atoms with Crippen molar-refractivity contribution in [1.29, 1.82) is 0 Å². The molecule has 0 spiro atoms. The molecule has 24 heavy (non-hydrogen) atoms. The second kappa shape index (κ2) is 6.06. The highest BCUT2D eigenvalue weighted by molar-refractivity contribution is 9.10. The van der Waals surface area contributed by atoms with E-state index >= 15 is 0 Å². The highest BCUT2D eigenvalue weighted by atomic mass is 79.9. The van der Waals surface area contributed by atoms with Gasteiger partial charge in [0.1, 0.15) is 5.60 Å². The Labute approximate surface area is 148 Å². The first-order chi connectivity index (χ1) is 11.4. The van der Waals surface area contributed by atoms with E-state index in [2.05, 4.69) is 15.9 Å². The Bertz CT molecular complexity index is 840. The number of methoxy groups -OCH3 is 1. The van der Waals surface area contributed by atoms with E-state index in [4.69, 9.17) is 9.47 Å². The zero-order valence-electron chi connectivity index (χ0n) is 13.7. The van der Waals surface area contributed by atoms with E-state index in [-0.39, 0.29) is 5.78 Å². The lowest BCUT2D eigenvalue weighted by atomic mass is 9.89. The summed E-state index contributed by atoms with van der Waals surface area (Å²) in [6, 6.07) is 8.69. The molecule has 0 aliphatic carbocycles. The van der Waals surface area contributed by atoms with Gasteiger partial charge in [-0.25, -0.2) is 0 Å². The fraction of sp³-hybridized carbons (Fsp3) is 0.263. The normalized spacial score (nSPS) is 14.7. The molecule has 0 N–H and O–H groups in total. The van der Waals surface area contributed by atoms with Crippen LogP contribution in [0.15, 0.2) is 34.8 Å². The van der Waals surface area contributed by atoms with Crippen LogP contribution in [-0.2, 0) is 6.42 Å². The van der Waals surface area contributed by atoms with Crippen molar-refractivity contribution in [2.75, 3.05) is 7.11 Å². The molecule has 0 aromatic heterocycles. The molecule has 1 aliphatic rings. The predicted molar refractivity (Wildman–Crippen MR) is 94.4 cm³/mol. The van der Waals surface area contributed by atoms with E-state index in [9.17, 15) is 9.59 Å². The van der Waals surface area contributed by atoms with Crippen LogP contribution in [-0.4, -0.2) is 24.8 Å². The van der Waals surface area contributed by atoms with E-state index in [1.165, 1.54) is 7.11 Å². The van der Waals surface area contributed by atoms with E-state index in [1.807, 2.05) is 19.9 Å². The smallest absolute Gasteiger partial charge is 0.194 e. The van der Waals surface area contributed by atoms with Crippen LogP contribution in [0.5, 0.6) is 11.5 Å². The standard InChI is InChI=1S/C19H17BrO4/c1-19(2)9-14-16(17(22)11-5-4-6-13(20)7-11)12(10-21)8-15(23-3)18(14)24-19/h4-8,10H,9H2,1-3H3. The molecule has 0 unspecified atom stereocenters. The number of rotatable bonds is 4. The summed E-state index contributed by atoms with van der Waals surface area (Å²) in [6.07, 6.45) is 1.23. The van der Waals surface area contributed by atoms with E-state index in [1.54, 1.807) is 24.3 Å². The number of ketones is 1. The fourth-order valence-electron chi connectivity index (χ4n) is 3.02. The summed E-state index contributed by atoms with van der Waals surface area (Å²) in [5.41, 5.74) is 1.50. The van der Waals surface area contributed by atoms with Crippen LogP contribution in [0.2, 0.25) is 0 Å². The Hall–Kier alpha value is -2.14. The molecule has 0 bridgehead atoms. The highest BCUT2D eigenvalue weighted by Crippen LogP contribution is 2.45. The second-order valence-electron chi connectivity index (χ2n) is 6.35. The van der Waals surface area contributed by atoms with Crippen LogP contribution >= 0.6 is 15.9 Å². The quantitative estimate of drug-likeness (QED) is 0.581. The number of ether oxygens (including phenoxy) is 2. The summed E-state index contributed by atoms with van der Waals surface area (Å²) >= 11 is 3.38. The van der Waals surface area contributed by atoms with Gasteiger partial charge in [-0.15, -0.1) is 0 Å². The molecule has 3 rings (SSSR count). The Balaban J connectivity index is 2.23. The van der Waals surface area contributed by atoms with Gasteiger partial charge in [0.15, 0.2) is 23.6 Å². The third kappa shape index (κ3) is 2.84. The number of benzene rings is 2. The molecule has 1 heterocycles. The molecule has 4 nitrogen and oxygen atoms in total. The molecule has 1 aliphatic heterocycles. The van der Waals surface area contributed by atoms with Crippen LogP contribution in [0, 0.1) is 0 Å². The van der Waals surface area contributed by atoms with E-state index in [0.29, 0.717) is 40.9 Å². The maximum Gasteiger partial charge on any atom is 0.194 e. The number of fused-ring (bicyclic) bond motifs is 1. The first-order valence-electron chi connectivity index (χ1n) is 7.54. The van der Waals surface area contributed by atoms with Gasteiger partial charge in [-0.2, -0.15) is 0 Å². The summed E-state index contributed by atoms with van der Waals surface area (Å²) in [4.78, 5) is 24.7. The molecule has 5 heteroatoms. The van der Waals surface area contributed by atoms with Crippen molar-refractivity contribution in [3.05, 3.63) is 57.1 Å². The molecule has 0 saturated carbocycles. The van der Waals surface area contributed by atoms with Crippen molar-refractivity contribution in [1.82, 2.24) is 0 Å². The Morgan fingerprint density at radius 3 is 2.71 bits per heavy atom. The summed E-state index contributed by atoms with van der Waals surface area (Å²) in [5.74, 6) is 0.827. The van der Waals surface area contributed by atoms with Crippen molar-refractivity contribution < 1.29 is 19.1 Å². The molecule has 0 saturated heterocycles. The average Bonchev–Trinajstić information content (AvgIpc) is 2.87. The van der Waals surface area contributed by atoms with Crippen molar-refractivity contribution in [3.63, 3.8) is 0 Å². The summed E-state index contributed by atoms with van der Waals surface area (Å²) in [6.45, 7) is 3.89. The van der Waals surface area contributed by atoms with Crippen LogP contribution in [0.4, 0.5) is 0 Å². The maximum atomic E-state index is 13.1. The number of hydrogen-bond acceptors (Lipinski definition) is 4.